The largest absolute Gasteiger partial charge is 0.466 e. The van der Waals surface area contributed by atoms with E-state index in [4.69, 9.17) is 29.2 Å². The van der Waals surface area contributed by atoms with Crippen molar-refractivity contribution in [3.63, 3.8) is 0 Å². The predicted molar refractivity (Wildman–Crippen MR) is 122 cm³/mol. The van der Waals surface area contributed by atoms with Gasteiger partial charge in [0.2, 0.25) is 0 Å². The second-order valence-corrected chi connectivity index (χ2v) is 9.26. The molecule has 0 N–H and O–H groups in total. The fraction of sp³-hybridized carbons (Fsp3) is 0.875. The number of carbonyl (C=O) groups excluding carboxylic acids is 1. The maximum absolute atomic E-state index is 12.8. The standard InChI is InChI=1S/C24H39N3O6/c1-3-4-5-10-18(23(28)29-2)19-15-24(17-26-27-25,33-22-12-7-9-14-31-22)16-20(19)32-21-11-6-8-13-30-21/h10,19-22H,3-9,11-17H2,1-2H3. The Morgan fingerprint density at radius 1 is 1.15 bits per heavy atom. The highest BCUT2D eigenvalue weighted by Gasteiger charge is 2.51. The molecule has 9 heteroatoms. The maximum atomic E-state index is 12.8. The summed E-state index contributed by atoms with van der Waals surface area (Å²) < 4.78 is 29.8. The number of esters is 1. The molecule has 9 nitrogen and oxygen atoms in total. The third kappa shape index (κ3) is 7.42. The fourth-order valence-corrected chi connectivity index (χ4v) is 5.06. The van der Waals surface area contributed by atoms with Crippen LogP contribution in [0, 0.1) is 5.92 Å². The Morgan fingerprint density at radius 3 is 2.48 bits per heavy atom. The van der Waals surface area contributed by atoms with Crippen molar-refractivity contribution in [1.29, 1.82) is 0 Å². The van der Waals surface area contributed by atoms with E-state index in [-0.39, 0.29) is 37.1 Å². The van der Waals surface area contributed by atoms with Gasteiger partial charge in [-0.1, -0.05) is 31.0 Å². The monoisotopic (exact) mass is 465 g/mol. The van der Waals surface area contributed by atoms with Gasteiger partial charge < -0.3 is 23.7 Å². The Bertz CT molecular complexity index is 698. The summed E-state index contributed by atoms with van der Waals surface area (Å²) in [7, 11) is 1.41. The number of hydrogen-bond acceptors (Lipinski definition) is 7. The lowest BCUT2D eigenvalue weighted by molar-refractivity contribution is -0.228. The number of ether oxygens (including phenoxy) is 5. The summed E-state index contributed by atoms with van der Waals surface area (Å²) in [5.74, 6) is -0.583. The average molecular weight is 466 g/mol. The molecule has 5 unspecified atom stereocenters. The second kappa shape index (κ2) is 13.3. The van der Waals surface area contributed by atoms with Crippen LogP contribution in [0.5, 0.6) is 0 Å². The van der Waals surface area contributed by atoms with E-state index in [0.29, 0.717) is 31.6 Å². The molecule has 0 radical (unpaired) electrons. The minimum absolute atomic E-state index is 0.161. The summed E-state index contributed by atoms with van der Waals surface area (Å²) in [5, 5.41) is 3.88. The van der Waals surface area contributed by atoms with Gasteiger partial charge in [0.25, 0.3) is 0 Å². The molecule has 2 heterocycles. The molecule has 2 saturated heterocycles. The first-order valence-electron chi connectivity index (χ1n) is 12.5. The first kappa shape index (κ1) is 26.0. The molecular formula is C24H39N3O6. The first-order valence-corrected chi connectivity index (χ1v) is 12.5. The highest BCUT2D eigenvalue weighted by Crippen LogP contribution is 2.46. The maximum Gasteiger partial charge on any atom is 0.333 e. The number of carbonyl (C=O) groups is 1. The van der Waals surface area contributed by atoms with Crippen molar-refractivity contribution < 1.29 is 28.5 Å². The zero-order chi connectivity index (χ0) is 23.5. The van der Waals surface area contributed by atoms with Gasteiger partial charge in [-0.05, 0) is 56.9 Å². The van der Waals surface area contributed by atoms with Crippen LogP contribution in [0.25, 0.3) is 10.4 Å². The van der Waals surface area contributed by atoms with E-state index in [1.807, 2.05) is 6.08 Å². The molecule has 0 amide bonds. The molecule has 1 aliphatic carbocycles. The Labute approximate surface area is 196 Å². The number of unbranched alkanes of at least 4 members (excludes halogenated alkanes) is 2. The number of allylic oxidation sites excluding steroid dienone is 1. The van der Waals surface area contributed by atoms with Crippen LogP contribution in [-0.4, -0.2) is 57.1 Å². The lowest BCUT2D eigenvalue weighted by Gasteiger charge is -2.35. The molecule has 2 aliphatic heterocycles. The minimum Gasteiger partial charge on any atom is -0.466 e. The van der Waals surface area contributed by atoms with Crippen LogP contribution in [0.3, 0.4) is 0 Å². The minimum atomic E-state index is -0.768. The lowest BCUT2D eigenvalue weighted by atomic mass is 9.92. The molecule has 5 atom stereocenters. The van der Waals surface area contributed by atoms with Gasteiger partial charge in [0, 0.05) is 36.0 Å². The third-order valence-electron chi connectivity index (χ3n) is 6.76. The van der Waals surface area contributed by atoms with E-state index in [1.165, 1.54) is 7.11 Å². The van der Waals surface area contributed by atoms with Crippen LogP contribution in [0.1, 0.15) is 77.6 Å². The van der Waals surface area contributed by atoms with Crippen molar-refractivity contribution in [3.05, 3.63) is 22.1 Å². The van der Waals surface area contributed by atoms with E-state index in [1.54, 1.807) is 0 Å². The molecule has 3 fully saturated rings. The molecule has 0 aromatic heterocycles. The summed E-state index contributed by atoms with van der Waals surface area (Å²) in [6.45, 7) is 3.62. The zero-order valence-corrected chi connectivity index (χ0v) is 20.1. The highest BCUT2D eigenvalue weighted by atomic mass is 16.7. The Balaban J connectivity index is 1.88. The lowest BCUT2D eigenvalue weighted by Crippen LogP contribution is -2.40. The van der Waals surface area contributed by atoms with Crippen molar-refractivity contribution in [3.8, 4) is 0 Å². The Hall–Kier alpha value is -1.64. The number of azide groups is 1. The van der Waals surface area contributed by atoms with Crippen molar-refractivity contribution in [1.82, 2.24) is 0 Å². The quantitative estimate of drug-likeness (QED) is 0.104. The van der Waals surface area contributed by atoms with Crippen LogP contribution in [0.4, 0.5) is 0 Å². The van der Waals surface area contributed by atoms with Crippen molar-refractivity contribution >= 4 is 5.97 Å². The van der Waals surface area contributed by atoms with Crippen LogP contribution < -0.4 is 0 Å². The van der Waals surface area contributed by atoms with Gasteiger partial charge in [-0.15, -0.1) is 0 Å². The van der Waals surface area contributed by atoms with Crippen LogP contribution >= 0.6 is 0 Å². The summed E-state index contributed by atoms with van der Waals surface area (Å²) >= 11 is 0. The summed E-state index contributed by atoms with van der Waals surface area (Å²) in [5.41, 5.74) is 8.90. The van der Waals surface area contributed by atoms with Gasteiger partial charge in [-0.2, -0.15) is 0 Å². The van der Waals surface area contributed by atoms with Crippen molar-refractivity contribution in [2.24, 2.45) is 11.0 Å². The van der Waals surface area contributed by atoms with Crippen molar-refractivity contribution in [2.45, 2.75) is 102 Å². The third-order valence-corrected chi connectivity index (χ3v) is 6.76. The molecule has 0 bridgehead atoms. The van der Waals surface area contributed by atoms with E-state index in [0.717, 1.165) is 57.8 Å². The molecule has 0 aromatic rings. The van der Waals surface area contributed by atoms with Crippen LogP contribution in [0.15, 0.2) is 16.8 Å². The number of hydrogen-bond donors (Lipinski definition) is 0. The molecule has 1 saturated carbocycles. The summed E-state index contributed by atoms with van der Waals surface area (Å²) in [6, 6.07) is 0. The number of methoxy groups -OCH3 is 1. The molecule has 0 aromatic carbocycles. The SMILES string of the molecule is CCCCC=C(C(=O)OC)C1CC(CN=[N+]=[N-])(OC2CCCCO2)CC1OC1CCCCO1. The average Bonchev–Trinajstić information content (AvgIpc) is 3.18. The van der Waals surface area contributed by atoms with Gasteiger partial charge in [0.05, 0.1) is 25.4 Å². The molecule has 3 aliphatic rings. The van der Waals surface area contributed by atoms with E-state index in [2.05, 4.69) is 16.9 Å². The molecule has 0 spiro atoms. The van der Waals surface area contributed by atoms with Gasteiger partial charge >= 0.3 is 5.97 Å². The highest BCUT2D eigenvalue weighted by molar-refractivity contribution is 5.89. The summed E-state index contributed by atoms with van der Waals surface area (Å²) in [4.78, 5) is 15.8. The molecule has 186 valence electrons. The fourth-order valence-electron chi connectivity index (χ4n) is 5.06. The predicted octanol–water partition coefficient (Wildman–Crippen LogP) is 5.19. The number of rotatable bonds is 11. The molecule has 3 rings (SSSR count). The van der Waals surface area contributed by atoms with Gasteiger partial charge in [0.1, 0.15) is 0 Å². The zero-order valence-electron chi connectivity index (χ0n) is 20.1. The van der Waals surface area contributed by atoms with Gasteiger partial charge in [-0.25, -0.2) is 4.79 Å². The summed E-state index contributed by atoms with van der Waals surface area (Å²) in [6.07, 6.45) is 10.6. The Kier molecular flexibility index (Phi) is 10.5. The van der Waals surface area contributed by atoms with E-state index < -0.39 is 5.60 Å². The van der Waals surface area contributed by atoms with Crippen LogP contribution in [-0.2, 0) is 28.5 Å². The van der Waals surface area contributed by atoms with E-state index in [9.17, 15) is 4.79 Å². The first-order chi connectivity index (χ1) is 16.1. The molecular weight excluding hydrogens is 426 g/mol. The Morgan fingerprint density at radius 2 is 1.88 bits per heavy atom. The van der Waals surface area contributed by atoms with E-state index >= 15 is 0 Å². The smallest absolute Gasteiger partial charge is 0.333 e. The van der Waals surface area contributed by atoms with Gasteiger partial charge in [-0.3, -0.25) is 0 Å². The van der Waals surface area contributed by atoms with Crippen molar-refractivity contribution in [2.75, 3.05) is 26.9 Å². The topological polar surface area (TPSA) is 112 Å². The molecule has 33 heavy (non-hydrogen) atoms. The normalized spacial score (nSPS) is 32.8. The number of nitrogens with zero attached hydrogens (tertiary/aromatic N) is 3. The van der Waals surface area contributed by atoms with Crippen LogP contribution in [0.2, 0.25) is 0 Å². The second-order valence-electron chi connectivity index (χ2n) is 9.26. The van der Waals surface area contributed by atoms with Gasteiger partial charge in [0.15, 0.2) is 12.6 Å².